The molecule has 0 N–H and O–H groups in total. The number of para-hydroxylation sites is 1. The van der Waals surface area contributed by atoms with Crippen molar-refractivity contribution in [1.29, 1.82) is 0 Å². The van der Waals surface area contributed by atoms with Gasteiger partial charge < -0.3 is 4.84 Å². The number of aromatic nitrogens is 2. The van der Waals surface area contributed by atoms with Gasteiger partial charge >= 0.3 is 0 Å². The van der Waals surface area contributed by atoms with E-state index in [9.17, 15) is 0 Å². The van der Waals surface area contributed by atoms with Crippen LogP contribution in [0.15, 0.2) is 47.9 Å². The normalized spacial score (nSPS) is 18.9. The lowest BCUT2D eigenvalue weighted by atomic mass is 10.1. The van der Waals surface area contributed by atoms with Crippen LogP contribution in [0.3, 0.4) is 0 Å². The first-order valence-electron chi connectivity index (χ1n) is 5.31. The quantitative estimate of drug-likeness (QED) is 0.853. The van der Waals surface area contributed by atoms with Gasteiger partial charge in [-0.2, -0.15) is 5.10 Å². The largest absolute Gasteiger partial charge is 0.386 e. The van der Waals surface area contributed by atoms with Crippen LogP contribution in [0.5, 0.6) is 0 Å². The molecule has 0 fully saturated rings. The summed E-state index contributed by atoms with van der Waals surface area (Å²) in [5, 5.41) is 8.20. The summed E-state index contributed by atoms with van der Waals surface area (Å²) in [6.45, 7) is 0. The second kappa shape index (κ2) is 4.33. The van der Waals surface area contributed by atoms with E-state index in [4.69, 9.17) is 4.84 Å². The van der Waals surface area contributed by atoms with Crippen molar-refractivity contribution in [3.05, 3.63) is 48.3 Å². The zero-order valence-corrected chi connectivity index (χ0v) is 10.5. The van der Waals surface area contributed by atoms with Gasteiger partial charge in [0, 0.05) is 18.2 Å². The predicted octanol–water partition coefficient (Wildman–Crippen LogP) is 3.04. The zero-order chi connectivity index (χ0) is 11.7. The molecule has 0 aliphatic carbocycles. The third kappa shape index (κ3) is 2.10. The van der Waals surface area contributed by atoms with E-state index in [-0.39, 0.29) is 6.10 Å². The molecule has 1 atom stereocenters. The zero-order valence-electron chi connectivity index (χ0n) is 8.95. The van der Waals surface area contributed by atoms with E-state index < -0.39 is 0 Å². The highest BCUT2D eigenvalue weighted by molar-refractivity contribution is 9.18. The van der Waals surface area contributed by atoms with E-state index in [0.717, 1.165) is 22.3 Å². The Morgan fingerprint density at radius 1 is 1.29 bits per heavy atom. The van der Waals surface area contributed by atoms with Crippen molar-refractivity contribution >= 4 is 20.6 Å². The number of nitrogens with zero attached hydrogens (tertiary/aromatic N) is 3. The highest BCUT2D eigenvalue weighted by atomic mass is 79.9. The van der Waals surface area contributed by atoms with Crippen LogP contribution in [-0.4, -0.2) is 14.4 Å². The molecule has 1 aliphatic heterocycles. The SMILES string of the molecule is BrC1=NOC(c2cnn(-c3ccccc3)c2)C1. The fraction of sp³-hybridized carbons (Fsp3) is 0.167. The summed E-state index contributed by atoms with van der Waals surface area (Å²) in [5.41, 5.74) is 2.07. The molecule has 1 unspecified atom stereocenters. The Morgan fingerprint density at radius 3 is 2.82 bits per heavy atom. The molecule has 0 saturated heterocycles. The molecule has 1 aliphatic rings. The van der Waals surface area contributed by atoms with Gasteiger partial charge in [-0.3, -0.25) is 0 Å². The summed E-state index contributed by atoms with van der Waals surface area (Å²) >= 11 is 3.33. The van der Waals surface area contributed by atoms with Crippen LogP contribution in [0.2, 0.25) is 0 Å². The number of rotatable bonds is 2. The molecule has 3 rings (SSSR count). The van der Waals surface area contributed by atoms with Crippen molar-refractivity contribution in [1.82, 2.24) is 9.78 Å². The topological polar surface area (TPSA) is 39.4 Å². The van der Waals surface area contributed by atoms with E-state index in [0.29, 0.717) is 0 Å². The highest BCUT2D eigenvalue weighted by Crippen LogP contribution is 2.28. The molecule has 0 radical (unpaired) electrons. The van der Waals surface area contributed by atoms with Crippen LogP contribution in [-0.2, 0) is 4.84 Å². The van der Waals surface area contributed by atoms with Gasteiger partial charge in [-0.1, -0.05) is 23.4 Å². The molecule has 0 saturated carbocycles. The van der Waals surface area contributed by atoms with Crippen molar-refractivity contribution < 1.29 is 4.84 Å². The lowest BCUT2D eigenvalue weighted by Gasteiger charge is -2.03. The monoisotopic (exact) mass is 291 g/mol. The maximum absolute atomic E-state index is 5.29. The first-order chi connectivity index (χ1) is 8.33. The van der Waals surface area contributed by atoms with E-state index >= 15 is 0 Å². The maximum Gasteiger partial charge on any atom is 0.161 e. The molecule has 2 aromatic rings. The van der Waals surface area contributed by atoms with Crippen LogP contribution in [0, 0.1) is 0 Å². The van der Waals surface area contributed by atoms with Crippen molar-refractivity contribution in [2.75, 3.05) is 0 Å². The number of halogens is 1. The predicted molar refractivity (Wildman–Crippen MR) is 68.4 cm³/mol. The molecule has 5 heteroatoms. The number of oxime groups is 1. The third-order valence-electron chi connectivity index (χ3n) is 2.63. The number of hydrogen-bond acceptors (Lipinski definition) is 3. The summed E-state index contributed by atoms with van der Waals surface area (Å²) in [4.78, 5) is 5.29. The Bertz CT molecular complexity index is 550. The van der Waals surface area contributed by atoms with Gasteiger partial charge in [0.2, 0.25) is 0 Å². The molecular formula is C12H10BrN3O. The standard InChI is InChI=1S/C12H10BrN3O/c13-12-6-11(17-15-12)9-7-14-16(8-9)10-4-2-1-3-5-10/h1-5,7-8,11H,6H2. The third-order valence-corrected chi connectivity index (χ3v) is 3.10. The molecule has 0 spiro atoms. The Kier molecular flexibility index (Phi) is 2.68. The molecule has 0 bridgehead atoms. The Balaban J connectivity index is 1.84. The minimum Gasteiger partial charge on any atom is -0.386 e. The van der Waals surface area contributed by atoms with Crippen molar-refractivity contribution in [3.63, 3.8) is 0 Å². The van der Waals surface area contributed by atoms with E-state index in [1.165, 1.54) is 0 Å². The second-order valence-corrected chi connectivity index (χ2v) is 4.73. The fourth-order valence-corrected chi connectivity index (χ4v) is 2.13. The Morgan fingerprint density at radius 2 is 2.12 bits per heavy atom. The van der Waals surface area contributed by atoms with Gasteiger partial charge in [-0.25, -0.2) is 4.68 Å². The molecule has 4 nitrogen and oxygen atoms in total. The summed E-state index contributed by atoms with van der Waals surface area (Å²) in [6.07, 6.45) is 4.53. The van der Waals surface area contributed by atoms with Gasteiger partial charge in [-0.05, 0) is 28.1 Å². The van der Waals surface area contributed by atoms with E-state index in [1.54, 1.807) is 0 Å². The van der Waals surface area contributed by atoms with Gasteiger partial charge in [0.25, 0.3) is 0 Å². The Labute approximate surface area is 107 Å². The number of hydrogen-bond donors (Lipinski definition) is 0. The van der Waals surface area contributed by atoms with Crippen molar-refractivity contribution in [2.24, 2.45) is 5.16 Å². The maximum atomic E-state index is 5.29. The molecule has 2 heterocycles. The highest BCUT2D eigenvalue weighted by Gasteiger charge is 2.22. The molecule has 1 aromatic carbocycles. The summed E-state index contributed by atoms with van der Waals surface area (Å²) in [5.74, 6) is 0. The van der Waals surface area contributed by atoms with Crippen molar-refractivity contribution in [3.8, 4) is 5.69 Å². The molecule has 1 aromatic heterocycles. The van der Waals surface area contributed by atoms with Crippen LogP contribution in [0.1, 0.15) is 18.1 Å². The molecule has 86 valence electrons. The van der Waals surface area contributed by atoms with E-state index in [2.05, 4.69) is 26.2 Å². The average molecular weight is 292 g/mol. The molecule has 0 amide bonds. The van der Waals surface area contributed by atoms with Crippen LogP contribution in [0.4, 0.5) is 0 Å². The first kappa shape index (κ1) is 10.5. The van der Waals surface area contributed by atoms with Crippen LogP contribution in [0.25, 0.3) is 5.69 Å². The Hall–Kier alpha value is -1.62. The minimum absolute atomic E-state index is 0.0261. The van der Waals surface area contributed by atoms with Gasteiger partial charge in [0.05, 0.1) is 11.9 Å². The average Bonchev–Trinajstić information content (AvgIpc) is 2.98. The smallest absolute Gasteiger partial charge is 0.161 e. The second-order valence-electron chi connectivity index (χ2n) is 3.82. The van der Waals surface area contributed by atoms with Gasteiger partial charge in [0.15, 0.2) is 6.10 Å². The molecular weight excluding hydrogens is 282 g/mol. The van der Waals surface area contributed by atoms with Gasteiger partial charge in [-0.15, -0.1) is 0 Å². The lowest BCUT2D eigenvalue weighted by Crippen LogP contribution is -1.96. The summed E-state index contributed by atoms with van der Waals surface area (Å²) in [7, 11) is 0. The van der Waals surface area contributed by atoms with Crippen molar-refractivity contribution in [2.45, 2.75) is 12.5 Å². The fourth-order valence-electron chi connectivity index (χ4n) is 1.75. The van der Waals surface area contributed by atoms with Crippen LogP contribution < -0.4 is 0 Å². The van der Waals surface area contributed by atoms with E-state index in [1.807, 2.05) is 47.4 Å². The first-order valence-corrected chi connectivity index (χ1v) is 6.10. The van der Waals surface area contributed by atoms with Gasteiger partial charge in [0.1, 0.15) is 4.62 Å². The summed E-state index contributed by atoms with van der Waals surface area (Å²) in [6, 6.07) is 9.99. The lowest BCUT2D eigenvalue weighted by molar-refractivity contribution is 0.0857. The minimum atomic E-state index is -0.0261. The van der Waals surface area contributed by atoms with Crippen LogP contribution >= 0.6 is 15.9 Å². The summed E-state index contributed by atoms with van der Waals surface area (Å²) < 4.78 is 2.68. The number of benzene rings is 1. The molecule has 17 heavy (non-hydrogen) atoms.